The Morgan fingerprint density at radius 2 is 2.00 bits per heavy atom. The van der Waals surface area contributed by atoms with Crippen LogP contribution in [-0.4, -0.2) is 21.5 Å². The number of hydrogen-bond acceptors (Lipinski definition) is 2. The van der Waals surface area contributed by atoms with Crippen LogP contribution in [0.3, 0.4) is 0 Å². The lowest BCUT2D eigenvalue weighted by Crippen LogP contribution is -1.99. The highest BCUT2D eigenvalue weighted by molar-refractivity contribution is 9.21. The third-order valence-corrected chi connectivity index (χ3v) is 5.27. The molecule has 0 fully saturated rings. The van der Waals surface area contributed by atoms with Crippen LogP contribution in [0.15, 0.2) is 34.3 Å². The van der Waals surface area contributed by atoms with E-state index in [2.05, 4.69) is 52.2 Å². The molecule has 1 aliphatic rings. The van der Waals surface area contributed by atoms with Gasteiger partial charge < -0.3 is 0 Å². The van der Waals surface area contributed by atoms with Crippen molar-refractivity contribution in [1.82, 2.24) is 4.41 Å². The smallest absolute Gasteiger partial charge is 0.0861 e. The highest BCUT2D eigenvalue weighted by atomic mass is 79.9. The number of halogens is 1. The minimum atomic E-state index is -0.0460. The maximum Gasteiger partial charge on any atom is 0.0861 e. The Hall–Kier alpha value is -0.610. The molecule has 0 saturated heterocycles. The molecular formula is C11H13BrN2S. The van der Waals surface area contributed by atoms with E-state index in [1.54, 1.807) is 0 Å². The fourth-order valence-electron chi connectivity index (χ4n) is 1.47. The summed E-state index contributed by atoms with van der Waals surface area (Å²) in [5.74, 6) is 0. The quantitative estimate of drug-likeness (QED) is 0.601. The molecule has 0 aliphatic carbocycles. The van der Waals surface area contributed by atoms with Gasteiger partial charge in [0.25, 0.3) is 0 Å². The van der Waals surface area contributed by atoms with Crippen LogP contribution < -0.4 is 0 Å². The fourth-order valence-corrected chi connectivity index (χ4v) is 4.22. The molecule has 4 heteroatoms. The summed E-state index contributed by atoms with van der Waals surface area (Å²) < 4.78 is 3.14. The zero-order valence-electron chi connectivity index (χ0n) is 8.77. The summed E-state index contributed by atoms with van der Waals surface area (Å²) >= 11 is 3.56. The van der Waals surface area contributed by atoms with E-state index in [9.17, 15) is 0 Å². The fraction of sp³-hybridized carbons (Fsp3) is 0.273. The van der Waals surface area contributed by atoms with Crippen molar-refractivity contribution in [3.8, 4) is 0 Å². The second-order valence-corrected chi connectivity index (χ2v) is 6.68. The maximum atomic E-state index is 4.25. The predicted molar refractivity (Wildman–Crippen MR) is 71.9 cm³/mol. The lowest BCUT2D eigenvalue weighted by atomic mass is 10.2. The van der Waals surface area contributed by atoms with Gasteiger partial charge in [-0.2, -0.15) is 5.10 Å². The first-order valence-corrected chi connectivity index (χ1v) is 6.83. The van der Waals surface area contributed by atoms with Crippen LogP contribution >= 0.6 is 26.6 Å². The summed E-state index contributed by atoms with van der Waals surface area (Å²) in [6.07, 6.45) is 2.96. The summed E-state index contributed by atoms with van der Waals surface area (Å²) in [4.78, 5) is 1.30. The van der Waals surface area contributed by atoms with Crippen LogP contribution in [0.1, 0.15) is 12.5 Å². The van der Waals surface area contributed by atoms with Crippen molar-refractivity contribution in [3.05, 3.63) is 29.8 Å². The van der Waals surface area contributed by atoms with Crippen LogP contribution in [-0.2, 0) is 6.42 Å². The molecule has 1 heterocycles. The van der Waals surface area contributed by atoms with Crippen molar-refractivity contribution in [2.75, 3.05) is 7.05 Å². The van der Waals surface area contributed by atoms with Gasteiger partial charge in [-0.1, -0.05) is 19.1 Å². The van der Waals surface area contributed by atoms with Crippen molar-refractivity contribution in [2.45, 2.75) is 18.2 Å². The Morgan fingerprint density at radius 1 is 1.33 bits per heavy atom. The zero-order chi connectivity index (χ0) is 10.8. The first-order chi connectivity index (χ1) is 7.22. The molecule has 1 atom stereocenters. The van der Waals surface area contributed by atoms with Gasteiger partial charge in [-0.15, -0.1) is 0 Å². The Labute approximate surface area is 101 Å². The lowest BCUT2D eigenvalue weighted by molar-refractivity contribution is 0.621. The van der Waals surface area contributed by atoms with Gasteiger partial charge in [0, 0.05) is 11.9 Å². The largest absolute Gasteiger partial charge is 0.243 e. The van der Waals surface area contributed by atoms with E-state index in [-0.39, 0.29) is 10.7 Å². The van der Waals surface area contributed by atoms with Gasteiger partial charge in [0.15, 0.2) is 0 Å². The zero-order valence-corrected chi connectivity index (χ0v) is 11.2. The lowest BCUT2D eigenvalue weighted by Gasteiger charge is -2.14. The van der Waals surface area contributed by atoms with Crippen molar-refractivity contribution in [1.29, 1.82) is 0 Å². The van der Waals surface area contributed by atoms with Crippen molar-refractivity contribution in [2.24, 2.45) is 5.10 Å². The summed E-state index contributed by atoms with van der Waals surface area (Å²) in [5, 5.41) is 4.25. The second-order valence-electron chi connectivity index (χ2n) is 3.30. The molecule has 1 aromatic rings. The van der Waals surface area contributed by atoms with Gasteiger partial charge in [-0.05, 0) is 50.7 Å². The Morgan fingerprint density at radius 3 is 2.47 bits per heavy atom. The van der Waals surface area contributed by atoms with E-state index in [0.29, 0.717) is 0 Å². The van der Waals surface area contributed by atoms with Crippen molar-refractivity contribution < 1.29 is 0 Å². The van der Waals surface area contributed by atoms with Gasteiger partial charge in [0.1, 0.15) is 0 Å². The highest BCUT2D eigenvalue weighted by Crippen LogP contribution is 2.35. The number of benzene rings is 1. The molecule has 0 bridgehead atoms. The SMILES string of the molecule is CCc1ccc(S2=C(Br)C=NN2C)cc1. The number of hydrazone groups is 1. The van der Waals surface area contributed by atoms with Crippen molar-refractivity contribution >= 4 is 36.6 Å². The van der Waals surface area contributed by atoms with E-state index in [1.807, 2.05) is 17.7 Å². The average molecular weight is 285 g/mol. The number of nitrogens with zero attached hydrogens (tertiary/aromatic N) is 2. The molecule has 0 radical (unpaired) electrons. The molecule has 0 aromatic heterocycles. The molecule has 2 rings (SSSR count). The third-order valence-electron chi connectivity index (χ3n) is 2.33. The molecule has 0 spiro atoms. The molecule has 1 aromatic carbocycles. The molecule has 0 amide bonds. The van der Waals surface area contributed by atoms with E-state index in [0.717, 1.165) is 10.2 Å². The molecule has 80 valence electrons. The van der Waals surface area contributed by atoms with Crippen LogP contribution in [0.4, 0.5) is 0 Å². The number of aryl methyl sites for hydroxylation is 1. The standard InChI is InChI=1S/C11H13BrN2S/c1-3-9-4-6-10(7-5-9)15-11(12)8-13-14(15)2/h4-8H,3H2,1-2H3. The van der Waals surface area contributed by atoms with Gasteiger partial charge in [-0.3, -0.25) is 0 Å². The summed E-state index contributed by atoms with van der Waals surface area (Å²) in [6.45, 7) is 2.17. The minimum absolute atomic E-state index is 0.0460. The van der Waals surface area contributed by atoms with E-state index in [1.165, 1.54) is 10.5 Å². The first-order valence-electron chi connectivity index (χ1n) is 4.86. The van der Waals surface area contributed by atoms with Gasteiger partial charge in [-0.25, -0.2) is 4.41 Å². The third kappa shape index (κ3) is 2.16. The maximum absolute atomic E-state index is 4.25. The average Bonchev–Trinajstić information content (AvgIpc) is 2.59. The summed E-state index contributed by atoms with van der Waals surface area (Å²) in [7, 11) is 1.96. The van der Waals surface area contributed by atoms with Crippen LogP contribution in [0.25, 0.3) is 0 Å². The summed E-state index contributed by atoms with van der Waals surface area (Å²) in [6, 6.07) is 8.76. The number of hydrogen-bond donors (Lipinski definition) is 0. The van der Waals surface area contributed by atoms with E-state index >= 15 is 0 Å². The second kappa shape index (κ2) is 4.49. The predicted octanol–water partition coefficient (Wildman–Crippen LogP) is 3.25. The number of rotatable bonds is 2. The summed E-state index contributed by atoms with van der Waals surface area (Å²) in [5.41, 5.74) is 1.38. The molecule has 0 saturated carbocycles. The highest BCUT2D eigenvalue weighted by Gasteiger charge is 2.13. The molecule has 0 N–H and O–H groups in total. The molecule has 1 unspecified atom stereocenters. The van der Waals surface area contributed by atoms with Crippen molar-refractivity contribution in [3.63, 3.8) is 0 Å². The minimum Gasteiger partial charge on any atom is -0.243 e. The van der Waals surface area contributed by atoms with Crippen LogP contribution in [0, 0.1) is 0 Å². The molecular weight excluding hydrogens is 272 g/mol. The first kappa shape index (κ1) is 10.9. The van der Waals surface area contributed by atoms with Gasteiger partial charge in [0.05, 0.1) is 9.99 Å². The molecule has 15 heavy (non-hydrogen) atoms. The van der Waals surface area contributed by atoms with E-state index in [4.69, 9.17) is 0 Å². The van der Waals surface area contributed by atoms with Crippen LogP contribution in [0.5, 0.6) is 0 Å². The van der Waals surface area contributed by atoms with Crippen LogP contribution in [0.2, 0.25) is 0 Å². The topological polar surface area (TPSA) is 15.6 Å². The van der Waals surface area contributed by atoms with E-state index < -0.39 is 0 Å². The Balaban J connectivity index is 2.35. The molecule has 2 nitrogen and oxygen atoms in total. The molecule has 1 aliphatic heterocycles. The van der Waals surface area contributed by atoms with Gasteiger partial charge in [0.2, 0.25) is 0 Å². The monoisotopic (exact) mass is 284 g/mol. The Kier molecular flexibility index (Phi) is 3.26. The van der Waals surface area contributed by atoms with Gasteiger partial charge >= 0.3 is 0 Å². The normalized spacial score (nSPS) is 20.1. The Bertz CT molecular complexity index is 423.